The van der Waals surface area contributed by atoms with E-state index >= 15 is 0 Å². The summed E-state index contributed by atoms with van der Waals surface area (Å²) >= 11 is 0. The maximum atomic E-state index is 13.8. The van der Waals surface area contributed by atoms with Crippen LogP contribution in [0.1, 0.15) is 94.9 Å². The van der Waals surface area contributed by atoms with Crippen LogP contribution in [0.4, 0.5) is 0 Å². The molecule has 0 aromatic rings. The average Bonchev–Trinajstić information content (AvgIpc) is 3.07. The number of aliphatic hydroxyl groups is 4. The number of carboxylic acid groups (broad SMARTS) is 1. The van der Waals surface area contributed by atoms with E-state index in [2.05, 4.69) is 0 Å². The van der Waals surface area contributed by atoms with Crippen molar-refractivity contribution in [3.63, 3.8) is 0 Å². The number of carbonyl (C=O) groups excluding carboxylic acids is 1. The fourth-order valence-corrected chi connectivity index (χ4v) is 7.83. The monoisotopic (exact) mass is 747 g/mol. The molecule has 0 saturated carbocycles. The van der Waals surface area contributed by atoms with Crippen LogP contribution in [0.15, 0.2) is 11.6 Å². The van der Waals surface area contributed by atoms with Gasteiger partial charge in [0.2, 0.25) is 0 Å². The smallest absolute Gasteiger partial charge is 0.308 e. The van der Waals surface area contributed by atoms with E-state index in [-0.39, 0.29) is 42.8 Å². The Morgan fingerprint density at radius 2 is 1.67 bits per heavy atom. The number of ketones is 1. The molecule has 2 heterocycles. The number of carboxylic acids is 1. The molecule has 52 heavy (non-hydrogen) atoms. The first-order valence-corrected chi connectivity index (χ1v) is 18.5. The number of ether oxygens (including phenoxy) is 6. The number of Topliss-reactive ketones (excluding diaryl/α,β-unsaturated/α-hetero) is 1. The molecule has 0 aliphatic carbocycles. The van der Waals surface area contributed by atoms with Crippen LogP contribution in [0.25, 0.3) is 0 Å². The topological polar surface area (TPSA) is 194 Å². The SMILES string of the molecule is CC[C@@H](O)[C@@](C)(O)/C=C(\C)C(=O)[C@H](C)CC(C)(OC)[C@H](O[C@@H]1O[C@H](C)C[C@H](N(C)C)[C@H]1O)[C@@H](C)[C@H](O[C@H]1C[C@@](C)(OC)[C@@H](O)[C@H](C)O1)[C@@H](C)C(=O)O. The Kier molecular flexibility index (Phi) is 16.9. The Labute approximate surface area is 310 Å². The third kappa shape index (κ3) is 11.0. The predicted molar refractivity (Wildman–Crippen MR) is 193 cm³/mol. The minimum atomic E-state index is -1.63. The molecule has 0 spiro atoms. The highest BCUT2D eigenvalue weighted by Gasteiger charge is 2.52. The number of rotatable bonds is 19. The third-order valence-corrected chi connectivity index (χ3v) is 11.4. The van der Waals surface area contributed by atoms with Gasteiger partial charge in [-0.15, -0.1) is 0 Å². The zero-order valence-electron chi connectivity index (χ0n) is 33.9. The van der Waals surface area contributed by atoms with Gasteiger partial charge >= 0.3 is 5.97 Å². The second kappa shape index (κ2) is 18.9. The van der Waals surface area contributed by atoms with E-state index in [4.69, 9.17) is 28.4 Å². The largest absolute Gasteiger partial charge is 0.481 e. The van der Waals surface area contributed by atoms with E-state index in [1.54, 1.807) is 48.5 Å². The first kappa shape index (κ1) is 46.6. The molecule has 2 rings (SSSR count). The average molecular weight is 748 g/mol. The van der Waals surface area contributed by atoms with E-state index < -0.39 is 89.7 Å². The van der Waals surface area contributed by atoms with Crippen LogP contribution in [0.5, 0.6) is 0 Å². The second-order valence-corrected chi connectivity index (χ2v) is 16.1. The summed E-state index contributed by atoms with van der Waals surface area (Å²) in [7, 11) is 6.67. The van der Waals surface area contributed by atoms with Crippen LogP contribution in [0.3, 0.4) is 0 Å². The summed E-state index contributed by atoms with van der Waals surface area (Å²) in [4.78, 5) is 28.3. The van der Waals surface area contributed by atoms with Crippen molar-refractivity contribution in [2.24, 2.45) is 17.8 Å². The fourth-order valence-electron chi connectivity index (χ4n) is 7.83. The number of hydrogen-bond acceptors (Lipinski definition) is 13. The number of aliphatic carboxylic acids is 1. The molecule has 0 aromatic carbocycles. The van der Waals surface area contributed by atoms with Gasteiger partial charge in [-0.2, -0.15) is 0 Å². The van der Waals surface area contributed by atoms with Crippen molar-refractivity contribution in [3.8, 4) is 0 Å². The summed E-state index contributed by atoms with van der Waals surface area (Å²) < 4.78 is 37.3. The van der Waals surface area contributed by atoms with Gasteiger partial charge in [0.1, 0.15) is 17.8 Å². The highest BCUT2D eigenvalue weighted by molar-refractivity contribution is 5.96. The van der Waals surface area contributed by atoms with Gasteiger partial charge < -0.3 is 58.9 Å². The lowest BCUT2D eigenvalue weighted by molar-refractivity contribution is -0.319. The van der Waals surface area contributed by atoms with E-state index in [1.165, 1.54) is 34.1 Å². The summed E-state index contributed by atoms with van der Waals surface area (Å²) in [6, 6.07) is -0.307. The lowest BCUT2D eigenvalue weighted by Crippen LogP contribution is -2.60. The molecule has 2 aliphatic heterocycles. The summed E-state index contributed by atoms with van der Waals surface area (Å²) in [6.45, 7) is 16.8. The van der Waals surface area contributed by atoms with Gasteiger partial charge in [0.25, 0.3) is 0 Å². The molecule has 304 valence electrons. The molecular formula is C38H69NO13. The summed E-state index contributed by atoms with van der Waals surface area (Å²) in [6.07, 6.45) is -5.89. The van der Waals surface area contributed by atoms with Gasteiger partial charge in [-0.05, 0) is 93.5 Å². The molecule has 0 aromatic heterocycles. The summed E-state index contributed by atoms with van der Waals surface area (Å²) in [5.41, 5.74) is -3.70. The van der Waals surface area contributed by atoms with Crippen molar-refractivity contribution in [3.05, 3.63) is 11.6 Å². The van der Waals surface area contributed by atoms with Crippen LogP contribution in [-0.2, 0) is 38.0 Å². The number of nitrogens with zero attached hydrogens (tertiary/aromatic N) is 1. The standard InChI is InChI=1S/C38H69NO13/c1-15-27(40)36(8,46)17-20(2)29(41)21(3)18-38(10,48-14)33(52-35-30(42)26(39(11)12)16-22(4)49-35)23(5)31(24(6)34(44)45)51-28-19-37(9,47-13)32(43)25(7)50-28/h17,21-28,30-33,35,40,42-43,46H,15-16,18-19H2,1-14H3,(H,44,45)/b20-17+/t21-,22-,23+,24-,25+,26+,27-,28+,30-,31+,32+,33-,35+,36+,37-,38?/m1/s1. The minimum Gasteiger partial charge on any atom is -0.481 e. The molecule has 14 nitrogen and oxygen atoms in total. The van der Waals surface area contributed by atoms with Crippen LogP contribution in [-0.4, -0.2) is 149 Å². The molecule has 0 radical (unpaired) electrons. The van der Waals surface area contributed by atoms with Gasteiger partial charge in [0.05, 0.1) is 47.6 Å². The highest BCUT2D eigenvalue weighted by Crippen LogP contribution is 2.40. The van der Waals surface area contributed by atoms with Gasteiger partial charge in [-0.25, -0.2) is 0 Å². The predicted octanol–water partition coefficient (Wildman–Crippen LogP) is 2.91. The molecule has 2 aliphatic rings. The van der Waals surface area contributed by atoms with E-state index in [0.29, 0.717) is 6.42 Å². The van der Waals surface area contributed by atoms with Crippen LogP contribution in [0, 0.1) is 17.8 Å². The van der Waals surface area contributed by atoms with E-state index in [1.807, 2.05) is 25.9 Å². The molecule has 1 unspecified atom stereocenters. The van der Waals surface area contributed by atoms with Gasteiger partial charge in [-0.3, -0.25) is 9.59 Å². The van der Waals surface area contributed by atoms with E-state index in [0.717, 1.165) is 0 Å². The molecule has 16 atom stereocenters. The first-order valence-electron chi connectivity index (χ1n) is 18.5. The quantitative estimate of drug-likeness (QED) is 0.121. The van der Waals surface area contributed by atoms with Crippen LogP contribution < -0.4 is 0 Å². The second-order valence-electron chi connectivity index (χ2n) is 16.1. The number of aliphatic hydroxyl groups excluding tert-OH is 3. The molecule has 5 N–H and O–H groups in total. The van der Waals surface area contributed by atoms with Crippen molar-refractivity contribution in [2.45, 2.75) is 173 Å². The molecular weight excluding hydrogens is 678 g/mol. The van der Waals surface area contributed by atoms with Gasteiger partial charge in [0, 0.05) is 38.5 Å². The molecule has 2 saturated heterocycles. The number of allylic oxidation sites excluding steroid dienone is 1. The maximum Gasteiger partial charge on any atom is 0.308 e. The Balaban J connectivity index is 2.64. The Morgan fingerprint density at radius 1 is 1.08 bits per heavy atom. The molecule has 0 bridgehead atoms. The normalized spacial score (nSPS) is 34.8. The van der Waals surface area contributed by atoms with Crippen LogP contribution >= 0.6 is 0 Å². The lowest BCUT2D eigenvalue weighted by atomic mass is 9.76. The molecule has 14 heteroatoms. The number of methoxy groups -OCH3 is 2. The molecule has 2 fully saturated rings. The third-order valence-electron chi connectivity index (χ3n) is 11.4. The van der Waals surface area contributed by atoms with Crippen molar-refractivity contribution < 1.29 is 63.5 Å². The molecule has 0 amide bonds. The summed E-state index contributed by atoms with van der Waals surface area (Å²) in [5, 5.41) is 53.8. The van der Waals surface area contributed by atoms with E-state index in [9.17, 15) is 35.1 Å². The fraction of sp³-hybridized carbons (Fsp3) is 0.895. The minimum absolute atomic E-state index is 0.0789. The highest BCUT2D eigenvalue weighted by atomic mass is 16.7. The Hall–Kier alpha value is -1.56. The van der Waals surface area contributed by atoms with Crippen molar-refractivity contribution in [1.82, 2.24) is 4.90 Å². The number of hydrogen-bond donors (Lipinski definition) is 5. The summed E-state index contributed by atoms with van der Waals surface area (Å²) in [5.74, 6) is -3.98. The zero-order valence-corrected chi connectivity index (χ0v) is 33.9. The van der Waals surface area contributed by atoms with Gasteiger partial charge in [-0.1, -0.05) is 20.8 Å². The van der Waals surface area contributed by atoms with Crippen LogP contribution in [0.2, 0.25) is 0 Å². The lowest BCUT2D eigenvalue weighted by Gasteiger charge is -2.49. The zero-order chi connectivity index (χ0) is 40.1. The number of likely N-dealkylation sites (N-methyl/N-ethyl adjacent to an activating group) is 1. The first-order chi connectivity index (χ1) is 23.9. The van der Waals surface area contributed by atoms with Crippen molar-refractivity contribution in [2.75, 3.05) is 28.3 Å². The van der Waals surface area contributed by atoms with Crippen molar-refractivity contribution in [1.29, 1.82) is 0 Å². The number of carbonyl (C=O) groups is 2. The maximum absolute atomic E-state index is 13.8. The van der Waals surface area contributed by atoms with Gasteiger partial charge in [0.15, 0.2) is 18.4 Å². The Morgan fingerprint density at radius 3 is 2.17 bits per heavy atom. The van der Waals surface area contributed by atoms with Crippen molar-refractivity contribution >= 4 is 11.8 Å². The Bertz CT molecular complexity index is 1200.